The van der Waals surface area contributed by atoms with Crippen molar-refractivity contribution in [2.24, 2.45) is 0 Å². The zero-order valence-electron chi connectivity index (χ0n) is 15.4. The third-order valence-electron chi connectivity index (χ3n) is 4.54. The monoisotopic (exact) mass is 336 g/mol. The first kappa shape index (κ1) is 17.7. The van der Waals surface area contributed by atoms with Crippen LogP contribution in [0.4, 0.5) is 0 Å². The van der Waals surface area contributed by atoms with E-state index in [1.165, 1.54) is 11.1 Å². The van der Waals surface area contributed by atoms with Crippen LogP contribution in [0.25, 0.3) is 0 Å². The van der Waals surface area contributed by atoms with Gasteiger partial charge in [-0.25, -0.2) is 0 Å². The molecule has 0 spiro atoms. The molecule has 1 aliphatic carbocycles. The highest BCUT2D eigenvalue weighted by Crippen LogP contribution is 2.45. The van der Waals surface area contributed by atoms with E-state index in [-0.39, 0.29) is 11.4 Å². The van der Waals surface area contributed by atoms with Gasteiger partial charge in [-0.1, -0.05) is 60.7 Å². The number of benzene rings is 2. The minimum atomic E-state index is -0.197. The molecule has 1 saturated carbocycles. The zero-order valence-corrected chi connectivity index (χ0v) is 15.4. The summed E-state index contributed by atoms with van der Waals surface area (Å²) in [5.74, 6) is 0.634. The Balaban J connectivity index is 1.70. The molecule has 1 fully saturated rings. The van der Waals surface area contributed by atoms with Crippen LogP contribution in [0.5, 0.6) is 0 Å². The number of nitrogens with one attached hydrogen (secondary N) is 1. The summed E-state index contributed by atoms with van der Waals surface area (Å²) >= 11 is 0. The van der Waals surface area contributed by atoms with Crippen molar-refractivity contribution in [3.8, 4) is 0 Å². The van der Waals surface area contributed by atoms with Crippen molar-refractivity contribution in [3.05, 3.63) is 71.8 Å². The molecule has 2 aromatic rings. The van der Waals surface area contributed by atoms with Gasteiger partial charge in [-0.15, -0.1) is 0 Å². The number of hydrogen-bond donors (Lipinski definition) is 1. The first-order valence-electron chi connectivity index (χ1n) is 9.06. The molecule has 0 aliphatic heterocycles. The fourth-order valence-corrected chi connectivity index (χ4v) is 3.39. The predicted octanol–water partition coefficient (Wildman–Crippen LogP) is 3.96. The van der Waals surface area contributed by atoms with Gasteiger partial charge in [0.05, 0.1) is 6.54 Å². The van der Waals surface area contributed by atoms with E-state index in [9.17, 15) is 4.79 Å². The Labute approximate surface area is 151 Å². The molecule has 0 bridgehead atoms. The van der Waals surface area contributed by atoms with Crippen LogP contribution in [0.2, 0.25) is 0 Å². The van der Waals surface area contributed by atoms with E-state index >= 15 is 0 Å². The molecule has 1 aliphatic rings. The summed E-state index contributed by atoms with van der Waals surface area (Å²) in [4.78, 5) is 14.8. The van der Waals surface area contributed by atoms with Crippen LogP contribution >= 0.6 is 0 Å². The molecular weight excluding hydrogens is 308 g/mol. The number of carbonyl (C=O) groups excluding carboxylic acids is 1. The molecule has 3 heteroatoms. The number of amides is 1. The third-order valence-corrected chi connectivity index (χ3v) is 4.54. The Hall–Kier alpha value is -2.13. The van der Waals surface area contributed by atoms with E-state index in [2.05, 4.69) is 64.8 Å². The third kappa shape index (κ3) is 5.17. The van der Waals surface area contributed by atoms with Gasteiger partial charge in [0.2, 0.25) is 5.91 Å². The van der Waals surface area contributed by atoms with Gasteiger partial charge >= 0.3 is 0 Å². The average molecular weight is 336 g/mol. The minimum Gasteiger partial charge on any atom is -0.350 e. The van der Waals surface area contributed by atoms with Crippen molar-refractivity contribution in [3.63, 3.8) is 0 Å². The van der Waals surface area contributed by atoms with E-state index in [0.717, 1.165) is 13.0 Å². The Kier molecular flexibility index (Phi) is 5.24. The van der Waals surface area contributed by atoms with Gasteiger partial charge in [-0.3, -0.25) is 9.69 Å². The smallest absolute Gasteiger partial charge is 0.234 e. The normalized spacial score (nSPS) is 19.7. The van der Waals surface area contributed by atoms with Crippen LogP contribution in [0.3, 0.4) is 0 Å². The van der Waals surface area contributed by atoms with Gasteiger partial charge in [0.1, 0.15) is 0 Å². The van der Waals surface area contributed by atoms with Crippen LogP contribution in [-0.2, 0) is 11.3 Å². The molecule has 0 heterocycles. The molecule has 0 radical (unpaired) electrons. The lowest BCUT2D eigenvalue weighted by Gasteiger charge is -2.26. The Morgan fingerprint density at radius 2 is 1.64 bits per heavy atom. The topological polar surface area (TPSA) is 32.3 Å². The van der Waals surface area contributed by atoms with E-state index in [1.807, 2.05) is 26.8 Å². The molecule has 25 heavy (non-hydrogen) atoms. The Morgan fingerprint density at radius 3 is 2.24 bits per heavy atom. The highest BCUT2D eigenvalue weighted by molar-refractivity contribution is 5.78. The van der Waals surface area contributed by atoms with Crippen LogP contribution in [0.15, 0.2) is 60.7 Å². The lowest BCUT2D eigenvalue weighted by molar-refractivity contribution is -0.124. The van der Waals surface area contributed by atoms with Gasteiger partial charge in [0.15, 0.2) is 0 Å². The maximum absolute atomic E-state index is 12.5. The molecule has 3 nitrogen and oxygen atoms in total. The quantitative estimate of drug-likeness (QED) is 0.866. The molecule has 2 atom stereocenters. The summed E-state index contributed by atoms with van der Waals surface area (Å²) in [5.41, 5.74) is 2.43. The summed E-state index contributed by atoms with van der Waals surface area (Å²) in [6.45, 7) is 7.33. The van der Waals surface area contributed by atoms with Crippen LogP contribution in [-0.4, -0.2) is 28.9 Å². The Morgan fingerprint density at radius 1 is 1.04 bits per heavy atom. The van der Waals surface area contributed by atoms with Gasteiger partial charge in [-0.2, -0.15) is 0 Å². The number of carbonyl (C=O) groups is 1. The lowest BCUT2D eigenvalue weighted by Crippen LogP contribution is -2.46. The molecule has 2 aromatic carbocycles. The highest BCUT2D eigenvalue weighted by Gasteiger charge is 2.43. The van der Waals surface area contributed by atoms with Gasteiger partial charge in [0, 0.05) is 24.0 Å². The molecule has 0 saturated heterocycles. The zero-order chi connectivity index (χ0) is 17.9. The van der Waals surface area contributed by atoms with Crippen LogP contribution in [0.1, 0.15) is 44.2 Å². The number of nitrogens with zero attached hydrogens (tertiary/aromatic N) is 1. The SMILES string of the molecule is CC(C)(C)NC(=O)CN(Cc1ccccc1)[C@@H]1C[C@H]1c1ccccc1. The van der Waals surface area contributed by atoms with Crippen LogP contribution in [0, 0.1) is 0 Å². The van der Waals surface area contributed by atoms with E-state index in [4.69, 9.17) is 0 Å². The summed E-state index contributed by atoms with van der Waals surface area (Å²) in [6.07, 6.45) is 1.12. The maximum atomic E-state index is 12.5. The largest absolute Gasteiger partial charge is 0.350 e. The van der Waals surface area contributed by atoms with Gasteiger partial charge < -0.3 is 5.32 Å². The van der Waals surface area contributed by atoms with Crippen LogP contribution < -0.4 is 5.32 Å². The summed E-state index contributed by atoms with van der Waals surface area (Å²) in [5, 5.41) is 3.09. The molecule has 1 amide bonds. The molecule has 3 rings (SSSR count). The average Bonchev–Trinajstić information content (AvgIpc) is 3.35. The summed E-state index contributed by atoms with van der Waals surface area (Å²) in [6, 6.07) is 21.5. The van der Waals surface area contributed by atoms with E-state index < -0.39 is 0 Å². The first-order valence-corrected chi connectivity index (χ1v) is 9.06. The molecule has 132 valence electrons. The minimum absolute atomic E-state index is 0.0992. The van der Waals surface area contributed by atoms with Crippen molar-refractivity contribution in [2.45, 2.75) is 51.2 Å². The second-order valence-corrected chi connectivity index (χ2v) is 8.01. The van der Waals surface area contributed by atoms with Gasteiger partial charge in [-0.05, 0) is 38.3 Å². The molecule has 0 aromatic heterocycles. The first-order chi connectivity index (χ1) is 11.9. The number of hydrogen-bond acceptors (Lipinski definition) is 2. The fraction of sp³-hybridized carbons (Fsp3) is 0.409. The van der Waals surface area contributed by atoms with E-state index in [1.54, 1.807) is 0 Å². The van der Waals surface area contributed by atoms with Crippen molar-refractivity contribution in [1.29, 1.82) is 0 Å². The molecular formula is C22H28N2O. The second-order valence-electron chi connectivity index (χ2n) is 8.01. The van der Waals surface area contributed by atoms with Crippen molar-refractivity contribution in [1.82, 2.24) is 10.2 Å². The standard InChI is InChI=1S/C22H28N2O/c1-22(2,3)23-21(25)16-24(15-17-10-6-4-7-11-17)20-14-19(20)18-12-8-5-9-13-18/h4-13,19-20H,14-16H2,1-3H3,(H,23,25)/t19-,20+/m0/s1. The molecule has 1 N–H and O–H groups in total. The number of rotatable bonds is 6. The lowest BCUT2D eigenvalue weighted by atomic mass is 10.1. The van der Waals surface area contributed by atoms with Crippen molar-refractivity contribution < 1.29 is 4.79 Å². The summed E-state index contributed by atoms with van der Waals surface area (Å²) < 4.78 is 0. The van der Waals surface area contributed by atoms with Crippen molar-refractivity contribution in [2.75, 3.05) is 6.54 Å². The second kappa shape index (κ2) is 7.40. The van der Waals surface area contributed by atoms with E-state index in [0.29, 0.717) is 18.5 Å². The van der Waals surface area contributed by atoms with Gasteiger partial charge in [0.25, 0.3) is 0 Å². The predicted molar refractivity (Wildman–Crippen MR) is 102 cm³/mol. The fourth-order valence-electron chi connectivity index (χ4n) is 3.39. The summed E-state index contributed by atoms with van der Waals surface area (Å²) in [7, 11) is 0. The highest BCUT2D eigenvalue weighted by atomic mass is 16.2. The van der Waals surface area contributed by atoms with Crippen molar-refractivity contribution >= 4 is 5.91 Å². The Bertz CT molecular complexity index is 691. The molecule has 0 unspecified atom stereocenters. The maximum Gasteiger partial charge on any atom is 0.234 e.